The maximum atomic E-state index is 12.2. The van der Waals surface area contributed by atoms with E-state index in [1.807, 2.05) is 30.5 Å². The smallest absolute Gasteiger partial charge is 0.306 e. The molecule has 2 aromatic carbocycles. The van der Waals surface area contributed by atoms with Crippen LogP contribution in [0.2, 0.25) is 0 Å². The number of H-pyrrole nitrogens is 1. The summed E-state index contributed by atoms with van der Waals surface area (Å²) in [5.41, 5.74) is 3.54. The first-order valence-corrected chi connectivity index (χ1v) is 9.86. The Morgan fingerprint density at radius 1 is 1.14 bits per heavy atom. The van der Waals surface area contributed by atoms with Crippen molar-refractivity contribution in [2.45, 2.75) is 25.5 Å². The molecule has 1 N–H and O–H groups in total. The number of aryl methyl sites for hydroxylation is 1. The van der Waals surface area contributed by atoms with Gasteiger partial charge in [-0.1, -0.05) is 48.5 Å². The molecule has 1 unspecified atom stereocenters. The molecule has 5 nitrogen and oxygen atoms in total. The van der Waals surface area contributed by atoms with Gasteiger partial charge in [-0.15, -0.1) is 0 Å². The van der Waals surface area contributed by atoms with Gasteiger partial charge in [-0.25, -0.2) is 0 Å². The Kier molecular flexibility index (Phi) is 6.04. The molecule has 0 spiro atoms. The van der Waals surface area contributed by atoms with E-state index in [0.29, 0.717) is 26.1 Å². The van der Waals surface area contributed by atoms with Crippen LogP contribution in [-0.2, 0) is 27.2 Å². The molecule has 0 amide bonds. The van der Waals surface area contributed by atoms with E-state index in [2.05, 4.69) is 40.2 Å². The monoisotopic (exact) mass is 378 g/mol. The Labute approximate surface area is 165 Å². The molecule has 1 atom stereocenters. The molecule has 1 fully saturated rings. The fourth-order valence-electron chi connectivity index (χ4n) is 3.70. The third-order valence-corrected chi connectivity index (χ3v) is 5.18. The first-order valence-electron chi connectivity index (χ1n) is 9.86. The van der Waals surface area contributed by atoms with Crippen LogP contribution in [0.5, 0.6) is 0 Å². The minimum Gasteiger partial charge on any atom is -0.463 e. The highest BCUT2D eigenvalue weighted by molar-refractivity contribution is 5.83. The maximum Gasteiger partial charge on any atom is 0.306 e. The van der Waals surface area contributed by atoms with E-state index < -0.39 is 0 Å². The summed E-state index contributed by atoms with van der Waals surface area (Å²) in [6, 6.07) is 18.5. The highest BCUT2D eigenvalue weighted by atomic mass is 16.6. The molecule has 0 bridgehead atoms. The van der Waals surface area contributed by atoms with E-state index in [9.17, 15) is 4.79 Å². The van der Waals surface area contributed by atoms with Crippen molar-refractivity contribution < 1.29 is 14.3 Å². The average Bonchev–Trinajstić information content (AvgIpc) is 3.15. The van der Waals surface area contributed by atoms with Crippen LogP contribution in [0.25, 0.3) is 10.9 Å². The molecule has 3 aromatic rings. The molecule has 0 radical (unpaired) electrons. The van der Waals surface area contributed by atoms with Gasteiger partial charge in [0.15, 0.2) is 0 Å². The van der Waals surface area contributed by atoms with Gasteiger partial charge in [0.1, 0.15) is 12.7 Å². The molecule has 146 valence electrons. The Bertz CT molecular complexity index is 906. The number of carbonyl (C=O) groups is 1. The molecule has 1 aliphatic rings. The normalized spacial score (nSPS) is 17.6. The van der Waals surface area contributed by atoms with E-state index in [-0.39, 0.29) is 12.1 Å². The number of esters is 1. The number of aromatic amines is 1. The van der Waals surface area contributed by atoms with Gasteiger partial charge in [0.25, 0.3) is 0 Å². The van der Waals surface area contributed by atoms with Crippen molar-refractivity contribution in [3.63, 3.8) is 0 Å². The summed E-state index contributed by atoms with van der Waals surface area (Å²) >= 11 is 0. The third-order valence-electron chi connectivity index (χ3n) is 5.18. The number of nitrogens with one attached hydrogen (secondary N) is 1. The molecule has 4 rings (SSSR count). The van der Waals surface area contributed by atoms with Crippen LogP contribution in [0.15, 0.2) is 60.8 Å². The van der Waals surface area contributed by atoms with E-state index in [0.717, 1.165) is 30.7 Å². The zero-order valence-corrected chi connectivity index (χ0v) is 16.0. The van der Waals surface area contributed by atoms with Crippen molar-refractivity contribution in [3.8, 4) is 0 Å². The number of hydrogen-bond acceptors (Lipinski definition) is 4. The topological polar surface area (TPSA) is 54.6 Å². The van der Waals surface area contributed by atoms with Crippen LogP contribution in [-0.4, -0.2) is 48.3 Å². The number of nitrogens with zero attached hydrogens (tertiary/aromatic N) is 1. The van der Waals surface area contributed by atoms with Crippen molar-refractivity contribution in [2.24, 2.45) is 0 Å². The predicted molar refractivity (Wildman–Crippen MR) is 109 cm³/mol. The van der Waals surface area contributed by atoms with E-state index >= 15 is 0 Å². The van der Waals surface area contributed by atoms with Crippen LogP contribution < -0.4 is 0 Å². The van der Waals surface area contributed by atoms with Crippen LogP contribution in [0, 0.1) is 0 Å². The van der Waals surface area contributed by atoms with Crippen molar-refractivity contribution in [3.05, 3.63) is 71.9 Å². The van der Waals surface area contributed by atoms with Gasteiger partial charge in [0.05, 0.1) is 6.61 Å². The second-order valence-corrected chi connectivity index (χ2v) is 7.26. The average molecular weight is 378 g/mol. The van der Waals surface area contributed by atoms with Gasteiger partial charge in [-0.2, -0.15) is 0 Å². The number of rotatable bonds is 7. The zero-order valence-electron chi connectivity index (χ0n) is 16.0. The number of aromatic nitrogens is 1. The maximum absolute atomic E-state index is 12.2. The van der Waals surface area contributed by atoms with Crippen LogP contribution in [0.4, 0.5) is 0 Å². The molecule has 0 saturated carbocycles. The van der Waals surface area contributed by atoms with Gasteiger partial charge >= 0.3 is 5.97 Å². The van der Waals surface area contributed by atoms with Crippen LogP contribution in [0.3, 0.4) is 0 Å². The summed E-state index contributed by atoms with van der Waals surface area (Å²) in [5.74, 6) is -0.172. The third kappa shape index (κ3) is 4.80. The van der Waals surface area contributed by atoms with Gasteiger partial charge in [-0.05, 0) is 23.6 Å². The molecule has 2 heterocycles. The van der Waals surface area contributed by atoms with Crippen molar-refractivity contribution in [1.82, 2.24) is 9.88 Å². The molecule has 1 aliphatic heterocycles. The predicted octanol–water partition coefficient (Wildman–Crippen LogP) is 3.54. The SMILES string of the molecule is O=C(CCc1c[nH]c2ccccc12)OCC1CN(Cc2ccccc2)CCO1. The van der Waals surface area contributed by atoms with Gasteiger partial charge < -0.3 is 14.5 Å². The summed E-state index contributed by atoms with van der Waals surface area (Å²) in [7, 11) is 0. The lowest BCUT2D eigenvalue weighted by Crippen LogP contribution is -2.44. The number of carbonyl (C=O) groups excluding carboxylic acids is 1. The Hall–Kier alpha value is -2.63. The van der Waals surface area contributed by atoms with E-state index in [1.54, 1.807) is 0 Å². The summed E-state index contributed by atoms with van der Waals surface area (Å²) < 4.78 is 11.3. The number of morpholine rings is 1. The molecular formula is C23H26N2O3. The Morgan fingerprint density at radius 3 is 2.86 bits per heavy atom. The standard InChI is InChI=1S/C23H26N2O3/c26-23(11-10-19-14-24-22-9-5-4-8-21(19)22)28-17-20-16-25(12-13-27-20)15-18-6-2-1-3-7-18/h1-9,14,20,24H,10-13,15-17H2. The number of hydrogen-bond donors (Lipinski definition) is 1. The number of ether oxygens (including phenoxy) is 2. The molecular weight excluding hydrogens is 352 g/mol. The van der Waals surface area contributed by atoms with E-state index in [4.69, 9.17) is 9.47 Å². The highest BCUT2D eigenvalue weighted by Gasteiger charge is 2.22. The lowest BCUT2D eigenvalue weighted by atomic mass is 10.1. The molecule has 0 aliphatic carbocycles. The number of para-hydroxylation sites is 1. The fourth-order valence-corrected chi connectivity index (χ4v) is 3.70. The van der Waals surface area contributed by atoms with Gasteiger partial charge in [0.2, 0.25) is 0 Å². The zero-order chi connectivity index (χ0) is 19.2. The minimum absolute atomic E-state index is 0.0606. The highest BCUT2D eigenvalue weighted by Crippen LogP contribution is 2.19. The van der Waals surface area contributed by atoms with Gasteiger partial charge in [-0.3, -0.25) is 9.69 Å². The summed E-state index contributed by atoms with van der Waals surface area (Å²) in [6.07, 6.45) is 2.97. The van der Waals surface area contributed by atoms with Crippen molar-refractivity contribution in [2.75, 3.05) is 26.3 Å². The van der Waals surface area contributed by atoms with Crippen molar-refractivity contribution in [1.29, 1.82) is 0 Å². The quantitative estimate of drug-likeness (QED) is 0.639. The fraction of sp³-hybridized carbons (Fsp3) is 0.348. The van der Waals surface area contributed by atoms with Crippen LogP contribution >= 0.6 is 0 Å². The largest absolute Gasteiger partial charge is 0.463 e. The van der Waals surface area contributed by atoms with Gasteiger partial charge in [0, 0.05) is 43.2 Å². The summed E-state index contributed by atoms with van der Waals surface area (Å²) in [5, 5.41) is 1.17. The molecule has 1 aromatic heterocycles. The number of fused-ring (bicyclic) bond motifs is 1. The first kappa shape index (κ1) is 18.7. The Morgan fingerprint density at radius 2 is 1.96 bits per heavy atom. The Balaban J connectivity index is 1.22. The van der Waals surface area contributed by atoms with Crippen LogP contribution in [0.1, 0.15) is 17.5 Å². The summed E-state index contributed by atoms with van der Waals surface area (Å²) in [4.78, 5) is 17.8. The lowest BCUT2D eigenvalue weighted by molar-refractivity contribution is -0.150. The van der Waals surface area contributed by atoms with Crippen molar-refractivity contribution >= 4 is 16.9 Å². The molecule has 1 saturated heterocycles. The first-order chi connectivity index (χ1) is 13.8. The summed E-state index contributed by atoms with van der Waals surface area (Å²) in [6.45, 7) is 3.57. The second-order valence-electron chi connectivity index (χ2n) is 7.26. The van der Waals surface area contributed by atoms with E-state index in [1.165, 1.54) is 10.9 Å². The second kappa shape index (κ2) is 9.04. The molecule has 28 heavy (non-hydrogen) atoms. The minimum atomic E-state index is -0.172. The molecule has 5 heteroatoms. The lowest BCUT2D eigenvalue weighted by Gasteiger charge is -2.32. The number of benzene rings is 2.